The summed E-state index contributed by atoms with van der Waals surface area (Å²) in [6, 6.07) is 4.57. The molecule has 0 spiro atoms. The van der Waals surface area contributed by atoms with Crippen LogP contribution in [0.25, 0.3) is 0 Å². The number of benzene rings is 1. The average Bonchev–Trinajstić information content (AvgIpc) is 2.44. The van der Waals surface area contributed by atoms with E-state index in [1.165, 1.54) is 12.1 Å². The lowest BCUT2D eigenvalue weighted by Gasteiger charge is -2.22. The summed E-state index contributed by atoms with van der Waals surface area (Å²) < 4.78 is 5.67. The molecule has 0 radical (unpaired) electrons. The summed E-state index contributed by atoms with van der Waals surface area (Å²) in [6.45, 7) is 2.37. The maximum absolute atomic E-state index is 11.7. The predicted molar refractivity (Wildman–Crippen MR) is 78.2 cm³/mol. The summed E-state index contributed by atoms with van der Waals surface area (Å²) in [5, 5.41) is 15.5. The molecule has 0 bridgehead atoms. The molecule has 1 aliphatic rings. The van der Waals surface area contributed by atoms with Crippen molar-refractivity contribution >= 4 is 23.2 Å². The first-order valence-corrected chi connectivity index (χ1v) is 7.13. The molecule has 0 saturated carbocycles. The number of rotatable bonds is 5. The Morgan fingerprint density at radius 1 is 1.45 bits per heavy atom. The van der Waals surface area contributed by atoms with Gasteiger partial charge in [-0.1, -0.05) is 11.6 Å². The van der Waals surface area contributed by atoms with Crippen molar-refractivity contribution in [1.29, 1.82) is 0 Å². The number of phenolic OH excluding ortho intramolecular Hbond substituents is 1. The largest absolute Gasteiger partial charge is 0.506 e. The quantitative estimate of drug-likeness (QED) is 0.729. The highest BCUT2D eigenvalue weighted by Crippen LogP contribution is 2.26. The summed E-state index contributed by atoms with van der Waals surface area (Å²) in [5.41, 5.74) is 0.569. The number of ether oxygens (including phenoxy) is 1. The fourth-order valence-electron chi connectivity index (χ4n) is 2.09. The summed E-state index contributed by atoms with van der Waals surface area (Å²) >= 11 is 5.77. The fourth-order valence-corrected chi connectivity index (χ4v) is 2.27. The highest BCUT2D eigenvalue weighted by atomic mass is 35.5. The van der Waals surface area contributed by atoms with Crippen molar-refractivity contribution in [3.8, 4) is 5.75 Å². The number of halogens is 1. The van der Waals surface area contributed by atoms with Gasteiger partial charge in [-0.3, -0.25) is 4.79 Å². The molecule has 110 valence electrons. The maximum atomic E-state index is 11.7. The molecule has 0 aliphatic carbocycles. The van der Waals surface area contributed by atoms with Gasteiger partial charge in [0.2, 0.25) is 5.91 Å². The van der Waals surface area contributed by atoms with E-state index >= 15 is 0 Å². The van der Waals surface area contributed by atoms with Gasteiger partial charge in [0.15, 0.2) is 0 Å². The average molecular weight is 299 g/mol. The van der Waals surface area contributed by atoms with Crippen LogP contribution in [0.1, 0.15) is 19.3 Å². The van der Waals surface area contributed by atoms with Crippen LogP contribution in [0.4, 0.5) is 5.69 Å². The molecule has 2 rings (SSSR count). The van der Waals surface area contributed by atoms with Gasteiger partial charge in [-0.2, -0.15) is 0 Å². The SMILES string of the molecule is O=C(CCOC1CCNCC1)Nc1ccc(O)c(Cl)c1. The number of piperidine rings is 1. The van der Waals surface area contributed by atoms with Crippen molar-refractivity contribution in [2.24, 2.45) is 0 Å². The second-order valence-electron chi connectivity index (χ2n) is 4.78. The van der Waals surface area contributed by atoms with Crippen molar-refractivity contribution in [3.05, 3.63) is 23.2 Å². The molecule has 1 amide bonds. The van der Waals surface area contributed by atoms with Gasteiger partial charge in [0, 0.05) is 5.69 Å². The minimum absolute atomic E-state index is 0.00101. The van der Waals surface area contributed by atoms with Crippen molar-refractivity contribution in [1.82, 2.24) is 5.32 Å². The molecule has 1 aromatic rings. The third kappa shape index (κ3) is 4.67. The lowest BCUT2D eigenvalue weighted by atomic mass is 10.1. The third-order valence-corrected chi connectivity index (χ3v) is 3.50. The number of carbonyl (C=O) groups is 1. The van der Waals surface area contributed by atoms with E-state index in [2.05, 4.69) is 10.6 Å². The number of hydrogen-bond donors (Lipinski definition) is 3. The first-order valence-electron chi connectivity index (χ1n) is 6.76. The number of anilines is 1. The first-order chi connectivity index (χ1) is 9.65. The van der Waals surface area contributed by atoms with Crippen LogP contribution in [0.5, 0.6) is 5.75 Å². The van der Waals surface area contributed by atoms with Crippen LogP contribution in [0.2, 0.25) is 5.02 Å². The van der Waals surface area contributed by atoms with Gasteiger partial charge in [0.05, 0.1) is 24.2 Å². The van der Waals surface area contributed by atoms with E-state index in [1.807, 2.05) is 0 Å². The molecule has 1 heterocycles. The van der Waals surface area contributed by atoms with Crippen LogP contribution in [-0.2, 0) is 9.53 Å². The number of amides is 1. The lowest BCUT2D eigenvalue weighted by molar-refractivity contribution is -0.117. The zero-order chi connectivity index (χ0) is 14.4. The topological polar surface area (TPSA) is 70.6 Å². The van der Waals surface area contributed by atoms with Gasteiger partial charge in [-0.25, -0.2) is 0 Å². The number of carbonyl (C=O) groups excluding carboxylic acids is 1. The molecule has 6 heteroatoms. The number of nitrogens with one attached hydrogen (secondary N) is 2. The van der Waals surface area contributed by atoms with Crippen LogP contribution in [-0.4, -0.2) is 36.8 Å². The molecular formula is C14H19ClN2O3. The Bertz CT molecular complexity index is 462. The van der Waals surface area contributed by atoms with Crippen LogP contribution < -0.4 is 10.6 Å². The molecule has 1 aromatic carbocycles. The van der Waals surface area contributed by atoms with E-state index in [-0.39, 0.29) is 22.8 Å². The van der Waals surface area contributed by atoms with Crippen LogP contribution >= 0.6 is 11.6 Å². The minimum Gasteiger partial charge on any atom is -0.506 e. The van der Waals surface area contributed by atoms with E-state index in [9.17, 15) is 9.90 Å². The summed E-state index contributed by atoms with van der Waals surface area (Å²) in [6.07, 6.45) is 2.56. The molecule has 0 unspecified atom stereocenters. The van der Waals surface area contributed by atoms with Crippen molar-refractivity contribution in [2.45, 2.75) is 25.4 Å². The molecule has 1 saturated heterocycles. The van der Waals surface area contributed by atoms with Crippen molar-refractivity contribution < 1.29 is 14.6 Å². The molecular weight excluding hydrogens is 280 g/mol. The summed E-state index contributed by atoms with van der Waals surface area (Å²) in [4.78, 5) is 11.7. The number of hydrogen-bond acceptors (Lipinski definition) is 4. The van der Waals surface area contributed by atoms with Gasteiger partial charge in [-0.15, -0.1) is 0 Å². The molecule has 1 aliphatic heterocycles. The standard InChI is InChI=1S/C14H19ClN2O3/c15-12-9-10(1-2-13(12)18)17-14(19)5-8-20-11-3-6-16-7-4-11/h1-2,9,11,16,18H,3-8H2,(H,17,19). The Balaban J connectivity index is 1.70. The number of phenols is 1. The minimum atomic E-state index is -0.124. The van der Waals surface area contributed by atoms with Gasteiger partial charge in [0.1, 0.15) is 5.75 Å². The van der Waals surface area contributed by atoms with Gasteiger partial charge in [0.25, 0.3) is 0 Å². The van der Waals surface area contributed by atoms with Gasteiger partial charge >= 0.3 is 0 Å². The normalized spacial score (nSPS) is 16.1. The van der Waals surface area contributed by atoms with E-state index in [0.29, 0.717) is 18.7 Å². The van der Waals surface area contributed by atoms with E-state index < -0.39 is 0 Å². The molecule has 3 N–H and O–H groups in total. The Morgan fingerprint density at radius 3 is 2.90 bits per heavy atom. The van der Waals surface area contributed by atoms with Gasteiger partial charge in [-0.05, 0) is 44.1 Å². The first kappa shape index (κ1) is 15.1. The predicted octanol–water partition coefficient (Wildman–Crippen LogP) is 2.14. The number of aromatic hydroxyl groups is 1. The second kappa shape index (κ2) is 7.47. The Hall–Kier alpha value is -1.30. The molecule has 1 fully saturated rings. The highest BCUT2D eigenvalue weighted by molar-refractivity contribution is 6.32. The van der Waals surface area contributed by atoms with Crippen LogP contribution in [0, 0.1) is 0 Å². The zero-order valence-corrected chi connectivity index (χ0v) is 11.9. The highest BCUT2D eigenvalue weighted by Gasteiger charge is 2.13. The third-order valence-electron chi connectivity index (χ3n) is 3.20. The molecule has 20 heavy (non-hydrogen) atoms. The fraction of sp³-hybridized carbons (Fsp3) is 0.500. The summed E-state index contributed by atoms with van der Waals surface area (Å²) in [7, 11) is 0. The Morgan fingerprint density at radius 2 is 2.20 bits per heavy atom. The van der Waals surface area contributed by atoms with Crippen molar-refractivity contribution in [2.75, 3.05) is 25.0 Å². The second-order valence-corrected chi connectivity index (χ2v) is 5.19. The zero-order valence-electron chi connectivity index (χ0n) is 11.2. The smallest absolute Gasteiger partial charge is 0.226 e. The van der Waals surface area contributed by atoms with Crippen LogP contribution in [0.15, 0.2) is 18.2 Å². The Kier molecular flexibility index (Phi) is 5.64. The summed E-state index contributed by atoms with van der Waals surface area (Å²) in [5.74, 6) is -0.125. The maximum Gasteiger partial charge on any atom is 0.226 e. The van der Waals surface area contributed by atoms with E-state index in [4.69, 9.17) is 16.3 Å². The molecule has 5 nitrogen and oxygen atoms in total. The molecule has 0 aromatic heterocycles. The monoisotopic (exact) mass is 298 g/mol. The van der Waals surface area contributed by atoms with Crippen LogP contribution in [0.3, 0.4) is 0 Å². The Labute approximate surface area is 123 Å². The lowest BCUT2D eigenvalue weighted by Crippen LogP contribution is -2.33. The van der Waals surface area contributed by atoms with Gasteiger partial charge < -0.3 is 20.5 Å². The van der Waals surface area contributed by atoms with Crippen molar-refractivity contribution in [3.63, 3.8) is 0 Å². The van der Waals surface area contributed by atoms with E-state index in [1.54, 1.807) is 6.07 Å². The van der Waals surface area contributed by atoms with E-state index in [0.717, 1.165) is 25.9 Å². The molecule has 0 atom stereocenters.